The van der Waals surface area contributed by atoms with Gasteiger partial charge >= 0.3 is 8.09 Å². The standard InChI is InChI=1S/C13H13NO3P/c1-14-18(15,16-12-8-4-2-5-9-12)17-13-10-6-3-7-11-13/h2-11,15H,1H2/q+1. The van der Waals surface area contributed by atoms with Crippen molar-refractivity contribution in [3.05, 3.63) is 60.7 Å². The molecule has 2 rings (SSSR count). The van der Waals surface area contributed by atoms with E-state index in [9.17, 15) is 4.89 Å². The highest BCUT2D eigenvalue weighted by Crippen LogP contribution is 2.56. The van der Waals surface area contributed by atoms with Crippen molar-refractivity contribution in [3.8, 4) is 11.5 Å². The van der Waals surface area contributed by atoms with Crippen LogP contribution in [0.3, 0.4) is 0 Å². The highest BCUT2D eigenvalue weighted by molar-refractivity contribution is 7.60. The van der Waals surface area contributed by atoms with Crippen molar-refractivity contribution in [2.24, 2.45) is 4.76 Å². The summed E-state index contributed by atoms with van der Waals surface area (Å²) in [6.45, 7) is 3.32. The van der Waals surface area contributed by atoms with Crippen molar-refractivity contribution in [2.75, 3.05) is 0 Å². The molecule has 0 amide bonds. The monoisotopic (exact) mass is 262 g/mol. The van der Waals surface area contributed by atoms with Crippen LogP contribution in [-0.2, 0) is 0 Å². The van der Waals surface area contributed by atoms with Crippen molar-refractivity contribution in [1.29, 1.82) is 0 Å². The fourth-order valence-corrected chi connectivity index (χ4v) is 2.26. The maximum atomic E-state index is 10.2. The number of rotatable bonds is 5. The first kappa shape index (κ1) is 12.6. The van der Waals surface area contributed by atoms with Crippen LogP contribution in [-0.4, -0.2) is 11.6 Å². The zero-order valence-corrected chi connectivity index (χ0v) is 10.5. The first-order chi connectivity index (χ1) is 8.72. The molecule has 0 aliphatic heterocycles. The Hall–Kier alpha value is -1.90. The second-order valence-electron chi connectivity index (χ2n) is 3.44. The van der Waals surface area contributed by atoms with Crippen LogP contribution >= 0.6 is 8.09 Å². The van der Waals surface area contributed by atoms with Gasteiger partial charge in [-0.1, -0.05) is 36.4 Å². The third-order valence-electron chi connectivity index (χ3n) is 2.11. The fraction of sp³-hybridized carbons (Fsp3) is 0. The van der Waals surface area contributed by atoms with Gasteiger partial charge in [-0.2, -0.15) is 4.89 Å². The third kappa shape index (κ3) is 3.29. The van der Waals surface area contributed by atoms with E-state index >= 15 is 0 Å². The summed E-state index contributed by atoms with van der Waals surface area (Å²) in [7, 11) is -3.38. The quantitative estimate of drug-likeness (QED) is 0.662. The summed E-state index contributed by atoms with van der Waals surface area (Å²) >= 11 is 0. The molecule has 5 heteroatoms. The lowest BCUT2D eigenvalue weighted by molar-refractivity contribution is 0.349. The fourth-order valence-electron chi connectivity index (χ4n) is 1.31. The molecule has 0 radical (unpaired) electrons. The van der Waals surface area contributed by atoms with Crippen molar-refractivity contribution < 1.29 is 13.9 Å². The maximum absolute atomic E-state index is 10.2. The van der Waals surface area contributed by atoms with Gasteiger partial charge in [0.1, 0.15) is 0 Å². The minimum absolute atomic E-state index is 0.483. The summed E-state index contributed by atoms with van der Waals surface area (Å²) in [6, 6.07) is 17.7. The average Bonchev–Trinajstić information content (AvgIpc) is 2.41. The largest absolute Gasteiger partial charge is 0.641 e. The Bertz CT molecular complexity index is 463. The molecule has 0 aliphatic rings. The molecule has 0 aromatic heterocycles. The van der Waals surface area contributed by atoms with Crippen molar-refractivity contribution in [2.45, 2.75) is 0 Å². The zero-order valence-electron chi connectivity index (χ0n) is 9.64. The van der Waals surface area contributed by atoms with E-state index in [4.69, 9.17) is 9.05 Å². The highest BCUT2D eigenvalue weighted by Gasteiger charge is 2.44. The van der Waals surface area contributed by atoms with E-state index in [0.29, 0.717) is 11.5 Å². The summed E-state index contributed by atoms with van der Waals surface area (Å²) in [6.07, 6.45) is 0. The predicted octanol–water partition coefficient (Wildman–Crippen LogP) is 3.51. The Morgan fingerprint density at radius 2 is 1.22 bits per heavy atom. The molecule has 0 saturated heterocycles. The van der Waals surface area contributed by atoms with Gasteiger partial charge in [-0.25, -0.2) is 0 Å². The van der Waals surface area contributed by atoms with Crippen LogP contribution in [0, 0.1) is 0 Å². The molecule has 0 aliphatic carbocycles. The Kier molecular flexibility index (Phi) is 3.92. The number of hydrogen-bond acceptors (Lipinski definition) is 4. The summed E-state index contributed by atoms with van der Waals surface area (Å²) in [5, 5.41) is 0. The lowest BCUT2D eigenvalue weighted by atomic mass is 10.3. The lowest BCUT2D eigenvalue weighted by Crippen LogP contribution is -2.05. The minimum Gasteiger partial charge on any atom is -0.258 e. The smallest absolute Gasteiger partial charge is 0.258 e. The van der Waals surface area contributed by atoms with Crippen molar-refractivity contribution in [1.82, 2.24) is 0 Å². The molecular formula is C13H13NO3P+. The number of para-hydroxylation sites is 2. The van der Waals surface area contributed by atoms with Crippen LogP contribution in [0.1, 0.15) is 0 Å². The van der Waals surface area contributed by atoms with Gasteiger partial charge in [0.25, 0.3) is 0 Å². The highest BCUT2D eigenvalue weighted by atomic mass is 31.2. The van der Waals surface area contributed by atoms with Crippen LogP contribution < -0.4 is 9.05 Å². The topological polar surface area (TPSA) is 51.1 Å². The van der Waals surface area contributed by atoms with Gasteiger partial charge < -0.3 is 0 Å². The average molecular weight is 262 g/mol. The molecule has 1 N–H and O–H groups in total. The van der Waals surface area contributed by atoms with E-state index in [2.05, 4.69) is 11.5 Å². The van der Waals surface area contributed by atoms with Crippen LogP contribution in [0.25, 0.3) is 0 Å². The Balaban J connectivity index is 2.13. The van der Waals surface area contributed by atoms with Crippen LogP contribution in [0.2, 0.25) is 0 Å². The van der Waals surface area contributed by atoms with Gasteiger partial charge in [-0.05, 0) is 29.0 Å². The molecule has 0 spiro atoms. The molecule has 0 heterocycles. The van der Waals surface area contributed by atoms with Gasteiger partial charge in [-0.15, -0.1) is 0 Å². The third-order valence-corrected chi connectivity index (χ3v) is 3.37. The van der Waals surface area contributed by atoms with E-state index in [1.807, 2.05) is 12.1 Å². The van der Waals surface area contributed by atoms with E-state index in [1.165, 1.54) is 0 Å². The SMILES string of the molecule is C=N[P+](O)(Oc1ccccc1)Oc1ccccc1. The zero-order chi connectivity index (χ0) is 12.8. The normalized spacial score (nSPS) is 10.7. The van der Waals surface area contributed by atoms with Gasteiger partial charge in [-0.3, -0.25) is 9.05 Å². The van der Waals surface area contributed by atoms with Crippen LogP contribution in [0.15, 0.2) is 65.4 Å². The molecule has 0 bridgehead atoms. The molecule has 2 aromatic rings. The molecular weight excluding hydrogens is 249 g/mol. The first-order valence-corrected chi connectivity index (χ1v) is 6.84. The minimum atomic E-state index is -3.38. The van der Waals surface area contributed by atoms with Gasteiger partial charge in [0.05, 0.1) is 0 Å². The molecule has 0 unspecified atom stereocenters. The lowest BCUT2D eigenvalue weighted by Gasteiger charge is -2.11. The molecule has 2 aromatic carbocycles. The first-order valence-electron chi connectivity index (χ1n) is 5.31. The second-order valence-corrected chi connectivity index (χ2v) is 5.07. The molecule has 4 nitrogen and oxygen atoms in total. The Morgan fingerprint density at radius 3 is 1.56 bits per heavy atom. The Labute approximate surface area is 106 Å². The van der Waals surface area contributed by atoms with E-state index in [1.54, 1.807) is 48.5 Å². The predicted molar refractivity (Wildman–Crippen MR) is 72.8 cm³/mol. The van der Waals surface area contributed by atoms with Crippen LogP contribution in [0.5, 0.6) is 11.5 Å². The summed E-state index contributed by atoms with van der Waals surface area (Å²) in [5.41, 5.74) is 0. The van der Waals surface area contributed by atoms with Gasteiger partial charge in [0.15, 0.2) is 11.5 Å². The van der Waals surface area contributed by atoms with Gasteiger partial charge in [0, 0.05) is 6.72 Å². The number of benzene rings is 2. The molecule has 0 saturated carbocycles. The van der Waals surface area contributed by atoms with E-state index in [0.717, 1.165) is 0 Å². The molecule has 0 atom stereocenters. The summed E-state index contributed by atoms with van der Waals surface area (Å²) in [4.78, 5) is 10.2. The van der Waals surface area contributed by atoms with Gasteiger partial charge in [0.2, 0.25) is 0 Å². The molecule has 0 fully saturated rings. The maximum Gasteiger partial charge on any atom is 0.641 e. The summed E-state index contributed by atoms with van der Waals surface area (Å²) in [5.74, 6) is 0.966. The molecule has 92 valence electrons. The summed E-state index contributed by atoms with van der Waals surface area (Å²) < 4.78 is 14.3. The molecule has 18 heavy (non-hydrogen) atoms. The second kappa shape index (κ2) is 5.63. The van der Waals surface area contributed by atoms with Crippen molar-refractivity contribution >= 4 is 14.8 Å². The Morgan fingerprint density at radius 1 is 0.833 bits per heavy atom. The van der Waals surface area contributed by atoms with Crippen molar-refractivity contribution in [3.63, 3.8) is 0 Å². The van der Waals surface area contributed by atoms with E-state index < -0.39 is 8.09 Å². The van der Waals surface area contributed by atoms with E-state index in [-0.39, 0.29) is 0 Å². The number of hydrogen-bond donors (Lipinski definition) is 1. The number of nitrogens with zero attached hydrogens (tertiary/aromatic N) is 1. The van der Waals surface area contributed by atoms with Crippen LogP contribution in [0.4, 0.5) is 0 Å².